The van der Waals surface area contributed by atoms with Gasteiger partial charge in [0.15, 0.2) is 0 Å². The van der Waals surface area contributed by atoms with E-state index in [1.54, 1.807) is 0 Å². The van der Waals surface area contributed by atoms with E-state index in [0.29, 0.717) is 0 Å². The lowest BCUT2D eigenvalue weighted by Crippen LogP contribution is -2.02. The fraction of sp³-hybridized carbons (Fsp3) is 0.462. The summed E-state index contributed by atoms with van der Waals surface area (Å²) in [6, 6.07) is 8.29. The van der Waals surface area contributed by atoms with E-state index >= 15 is 0 Å². The van der Waals surface area contributed by atoms with Gasteiger partial charge in [0.05, 0.1) is 6.61 Å². The summed E-state index contributed by atoms with van der Waals surface area (Å²) in [6.45, 7) is 7.15. The number of rotatable bonds is 5. The maximum atomic E-state index is 5.60. The van der Waals surface area contributed by atoms with Gasteiger partial charge >= 0.3 is 0 Å². The predicted molar refractivity (Wildman–Crippen MR) is 60.5 cm³/mol. The molecule has 1 aromatic rings. The quantitative estimate of drug-likeness (QED) is 0.687. The third kappa shape index (κ3) is 2.50. The average molecular weight is 191 g/mol. The van der Waals surface area contributed by atoms with Crippen LogP contribution in [0.1, 0.15) is 39.2 Å². The van der Waals surface area contributed by atoms with Gasteiger partial charge in [0.25, 0.3) is 0 Å². The highest BCUT2D eigenvalue weighted by Crippen LogP contribution is 2.30. The highest BCUT2D eigenvalue weighted by atomic mass is 16.5. The van der Waals surface area contributed by atoms with E-state index in [1.807, 2.05) is 19.1 Å². The van der Waals surface area contributed by atoms with Crippen LogP contribution in [0.5, 0.6) is 5.75 Å². The molecule has 14 heavy (non-hydrogen) atoms. The second-order valence-corrected chi connectivity index (χ2v) is 3.24. The molecular weight excluding hydrogens is 172 g/mol. The van der Waals surface area contributed by atoms with Crippen molar-refractivity contribution in [3.8, 4) is 5.75 Å². The molecule has 0 amide bonds. The third-order valence-electron chi connectivity index (χ3n) is 2.42. The Morgan fingerprint density at radius 3 is 2.29 bits per heavy atom. The van der Waals surface area contributed by atoms with E-state index in [1.165, 1.54) is 11.5 Å². The van der Waals surface area contributed by atoms with E-state index in [2.05, 4.69) is 26.0 Å². The molecule has 0 bridgehead atoms. The SMILES string of the molecule is CCOc1ccccc1[C](CC)CC. The Balaban J connectivity index is 2.92. The molecule has 0 saturated heterocycles. The minimum absolute atomic E-state index is 0.734. The monoisotopic (exact) mass is 191 g/mol. The Morgan fingerprint density at radius 2 is 1.71 bits per heavy atom. The first-order valence-corrected chi connectivity index (χ1v) is 5.40. The van der Waals surface area contributed by atoms with Gasteiger partial charge in [0.2, 0.25) is 0 Å². The lowest BCUT2D eigenvalue weighted by molar-refractivity contribution is 0.337. The molecule has 0 atom stereocenters. The highest BCUT2D eigenvalue weighted by Gasteiger charge is 2.12. The maximum Gasteiger partial charge on any atom is 0.123 e. The summed E-state index contributed by atoms with van der Waals surface area (Å²) < 4.78 is 5.60. The Labute approximate surface area is 87.1 Å². The molecule has 0 aliphatic carbocycles. The van der Waals surface area contributed by atoms with Crippen molar-refractivity contribution in [2.24, 2.45) is 0 Å². The number of para-hydroxylation sites is 1. The second kappa shape index (κ2) is 5.69. The molecule has 0 spiro atoms. The van der Waals surface area contributed by atoms with Crippen molar-refractivity contribution in [1.82, 2.24) is 0 Å². The van der Waals surface area contributed by atoms with Crippen LogP contribution in [0.4, 0.5) is 0 Å². The van der Waals surface area contributed by atoms with Crippen molar-refractivity contribution in [1.29, 1.82) is 0 Å². The van der Waals surface area contributed by atoms with Crippen LogP contribution in [0.2, 0.25) is 0 Å². The second-order valence-electron chi connectivity index (χ2n) is 3.24. The van der Waals surface area contributed by atoms with Gasteiger partial charge in [-0.3, -0.25) is 0 Å². The summed E-state index contributed by atoms with van der Waals surface area (Å²) in [5, 5.41) is 0. The van der Waals surface area contributed by atoms with Gasteiger partial charge in [0.1, 0.15) is 5.75 Å². The molecule has 0 aliphatic rings. The molecule has 1 nitrogen and oxygen atoms in total. The van der Waals surface area contributed by atoms with Crippen LogP contribution >= 0.6 is 0 Å². The first kappa shape index (κ1) is 11.1. The van der Waals surface area contributed by atoms with Crippen LogP contribution in [0.15, 0.2) is 24.3 Å². The standard InChI is InChI=1S/C13H19O/c1-4-11(5-2)12-9-7-8-10-13(12)14-6-3/h7-10H,4-6H2,1-3H3. The molecule has 1 radical (unpaired) electrons. The molecular formula is C13H19O. The van der Waals surface area contributed by atoms with E-state index < -0.39 is 0 Å². The predicted octanol–water partition coefficient (Wildman–Crippen LogP) is 3.83. The number of benzene rings is 1. The molecule has 0 fully saturated rings. The molecule has 0 unspecified atom stereocenters. The molecule has 0 saturated carbocycles. The molecule has 1 heteroatoms. The van der Waals surface area contributed by atoms with Gasteiger partial charge in [0, 0.05) is 11.5 Å². The molecule has 0 aromatic heterocycles. The normalized spacial score (nSPS) is 10.6. The van der Waals surface area contributed by atoms with Gasteiger partial charge in [-0.15, -0.1) is 0 Å². The van der Waals surface area contributed by atoms with E-state index in [0.717, 1.165) is 25.2 Å². The summed E-state index contributed by atoms with van der Waals surface area (Å²) >= 11 is 0. The Hall–Kier alpha value is -0.980. The number of hydrogen-bond donors (Lipinski definition) is 0. The van der Waals surface area contributed by atoms with Crippen molar-refractivity contribution in [2.75, 3.05) is 6.61 Å². The third-order valence-corrected chi connectivity index (χ3v) is 2.42. The van der Waals surface area contributed by atoms with Gasteiger partial charge < -0.3 is 4.74 Å². The average Bonchev–Trinajstić information content (AvgIpc) is 2.23. The van der Waals surface area contributed by atoms with E-state index in [-0.39, 0.29) is 0 Å². The number of ether oxygens (including phenoxy) is 1. The lowest BCUT2D eigenvalue weighted by atomic mass is 9.93. The zero-order valence-electron chi connectivity index (χ0n) is 9.34. The fourth-order valence-electron chi connectivity index (χ4n) is 1.67. The number of hydrogen-bond acceptors (Lipinski definition) is 1. The van der Waals surface area contributed by atoms with Crippen molar-refractivity contribution in [2.45, 2.75) is 33.6 Å². The largest absolute Gasteiger partial charge is 0.494 e. The van der Waals surface area contributed by atoms with Gasteiger partial charge in [-0.2, -0.15) is 0 Å². The summed E-state index contributed by atoms with van der Waals surface area (Å²) in [5.74, 6) is 2.49. The van der Waals surface area contributed by atoms with Gasteiger partial charge in [-0.25, -0.2) is 0 Å². The molecule has 0 heterocycles. The minimum atomic E-state index is 0.734. The van der Waals surface area contributed by atoms with E-state index in [4.69, 9.17) is 4.74 Å². The summed E-state index contributed by atoms with van der Waals surface area (Å²) in [6.07, 6.45) is 2.20. The Kier molecular flexibility index (Phi) is 4.51. The minimum Gasteiger partial charge on any atom is -0.494 e. The van der Waals surface area contributed by atoms with E-state index in [9.17, 15) is 0 Å². The lowest BCUT2D eigenvalue weighted by Gasteiger charge is -2.16. The summed E-state index contributed by atoms with van der Waals surface area (Å²) in [7, 11) is 0. The van der Waals surface area contributed by atoms with Crippen molar-refractivity contribution in [3.05, 3.63) is 35.7 Å². The van der Waals surface area contributed by atoms with Crippen LogP contribution in [0, 0.1) is 5.92 Å². The zero-order chi connectivity index (χ0) is 10.4. The smallest absolute Gasteiger partial charge is 0.123 e. The maximum absolute atomic E-state index is 5.60. The Morgan fingerprint density at radius 1 is 1.07 bits per heavy atom. The van der Waals surface area contributed by atoms with Gasteiger partial charge in [-0.1, -0.05) is 32.0 Å². The van der Waals surface area contributed by atoms with Crippen molar-refractivity contribution in [3.63, 3.8) is 0 Å². The molecule has 1 rings (SSSR count). The van der Waals surface area contributed by atoms with Crippen LogP contribution in [-0.2, 0) is 0 Å². The van der Waals surface area contributed by atoms with Crippen LogP contribution in [0.3, 0.4) is 0 Å². The fourth-order valence-corrected chi connectivity index (χ4v) is 1.67. The highest BCUT2D eigenvalue weighted by molar-refractivity contribution is 5.43. The topological polar surface area (TPSA) is 9.23 Å². The van der Waals surface area contributed by atoms with Gasteiger partial charge in [-0.05, 0) is 25.8 Å². The first-order valence-electron chi connectivity index (χ1n) is 5.40. The van der Waals surface area contributed by atoms with Crippen LogP contribution < -0.4 is 4.74 Å². The van der Waals surface area contributed by atoms with Crippen molar-refractivity contribution < 1.29 is 4.74 Å². The van der Waals surface area contributed by atoms with Crippen LogP contribution in [-0.4, -0.2) is 6.61 Å². The summed E-state index contributed by atoms with van der Waals surface area (Å²) in [5.41, 5.74) is 1.28. The first-order chi connectivity index (χ1) is 6.83. The molecule has 1 aromatic carbocycles. The van der Waals surface area contributed by atoms with Crippen molar-refractivity contribution >= 4 is 0 Å². The zero-order valence-corrected chi connectivity index (χ0v) is 9.34. The molecule has 77 valence electrons. The molecule has 0 N–H and O–H groups in total. The Bertz CT molecular complexity index is 264. The summed E-state index contributed by atoms with van der Waals surface area (Å²) in [4.78, 5) is 0. The molecule has 0 aliphatic heterocycles. The van der Waals surface area contributed by atoms with Crippen LogP contribution in [0.25, 0.3) is 0 Å².